The van der Waals surface area contributed by atoms with Gasteiger partial charge in [0.1, 0.15) is 5.82 Å². The van der Waals surface area contributed by atoms with Gasteiger partial charge in [-0.05, 0) is 43.9 Å². The average molecular weight is 275 g/mol. The number of nitrogens with one attached hydrogen (secondary N) is 1. The van der Waals surface area contributed by atoms with Crippen LogP contribution in [0.25, 0.3) is 0 Å². The third-order valence-electron chi connectivity index (χ3n) is 2.76. The minimum absolute atomic E-state index is 0.0427. The molecule has 3 N–H and O–H groups in total. The molecule has 0 aliphatic heterocycles. The maximum absolute atomic E-state index is 13.6. The van der Waals surface area contributed by atoms with Crippen LogP contribution in [0.2, 0.25) is 5.02 Å². The van der Waals surface area contributed by atoms with Gasteiger partial charge in [-0.2, -0.15) is 0 Å². The quantitative estimate of drug-likeness (QED) is 0.435. The topological polar surface area (TPSA) is 47.3 Å². The van der Waals surface area contributed by atoms with Gasteiger partial charge in [-0.3, -0.25) is 11.3 Å². The Labute approximate surface area is 112 Å². The van der Waals surface area contributed by atoms with E-state index < -0.39 is 0 Å². The van der Waals surface area contributed by atoms with E-state index in [1.165, 1.54) is 6.07 Å². The summed E-state index contributed by atoms with van der Waals surface area (Å²) in [5.74, 6) is 5.19. The summed E-state index contributed by atoms with van der Waals surface area (Å²) in [6.45, 7) is 3.38. The van der Waals surface area contributed by atoms with Crippen LogP contribution in [-0.2, 0) is 11.2 Å². The van der Waals surface area contributed by atoms with E-state index in [1.807, 2.05) is 6.92 Å². The molecular weight excluding hydrogens is 255 g/mol. The second-order valence-corrected chi connectivity index (χ2v) is 4.58. The van der Waals surface area contributed by atoms with E-state index in [0.717, 1.165) is 12.8 Å². The van der Waals surface area contributed by atoms with E-state index in [9.17, 15) is 4.39 Å². The van der Waals surface area contributed by atoms with Crippen molar-refractivity contribution < 1.29 is 9.13 Å². The second-order valence-electron chi connectivity index (χ2n) is 4.14. The minimum Gasteiger partial charge on any atom is -0.382 e. The number of halogens is 2. The number of nitrogens with two attached hydrogens (primary N) is 1. The van der Waals surface area contributed by atoms with Crippen LogP contribution < -0.4 is 11.3 Å². The molecule has 0 saturated carbocycles. The molecule has 0 aromatic heterocycles. The molecule has 0 heterocycles. The fourth-order valence-corrected chi connectivity index (χ4v) is 1.93. The van der Waals surface area contributed by atoms with Crippen LogP contribution in [0, 0.1) is 5.82 Å². The number of ether oxygens (including phenoxy) is 1. The van der Waals surface area contributed by atoms with Gasteiger partial charge in [0.25, 0.3) is 0 Å². The predicted molar refractivity (Wildman–Crippen MR) is 72.0 cm³/mol. The van der Waals surface area contributed by atoms with Gasteiger partial charge in [-0.15, -0.1) is 0 Å². The summed E-state index contributed by atoms with van der Waals surface area (Å²) < 4.78 is 18.9. The third-order valence-corrected chi connectivity index (χ3v) is 3.00. The van der Waals surface area contributed by atoms with Crippen molar-refractivity contribution in [2.75, 3.05) is 13.2 Å². The Morgan fingerprint density at radius 3 is 2.89 bits per heavy atom. The summed E-state index contributed by atoms with van der Waals surface area (Å²) in [6, 6.07) is 4.75. The van der Waals surface area contributed by atoms with Crippen molar-refractivity contribution in [3.63, 3.8) is 0 Å². The first-order chi connectivity index (χ1) is 8.67. The van der Waals surface area contributed by atoms with Gasteiger partial charge in [0.05, 0.1) is 0 Å². The van der Waals surface area contributed by atoms with E-state index in [-0.39, 0.29) is 11.9 Å². The zero-order chi connectivity index (χ0) is 13.4. The normalized spacial score (nSPS) is 12.7. The zero-order valence-corrected chi connectivity index (χ0v) is 11.3. The number of rotatable bonds is 8. The van der Waals surface area contributed by atoms with Crippen LogP contribution >= 0.6 is 11.6 Å². The molecule has 3 nitrogen and oxygen atoms in total. The van der Waals surface area contributed by atoms with Gasteiger partial charge in [0.15, 0.2) is 0 Å². The molecule has 0 saturated heterocycles. The average Bonchev–Trinajstić information content (AvgIpc) is 2.35. The van der Waals surface area contributed by atoms with E-state index in [4.69, 9.17) is 22.2 Å². The van der Waals surface area contributed by atoms with Gasteiger partial charge >= 0.3 is 0 Å². The van der Waals surface area contributed by atoms with Crippen molar-refractivity contribution in [2.24, 2.45) is 5.84 Å². The minimum atomic E-state index is -0.285. The van der Waals surface area contributed by atoms with Crippen molar-refractivity contribution in [1.29, 1.82) is 0 Å². The molecule has 0 radical (unpaired) electrons. The molecule has 1 aromatic rings. The first-order valence-corrected chi connectivity index (χ1v) is 6.53. The van der Waals surface area contributed by atoms with Gasteiger partial charge in [0, 0.05) is 24.3 Å². The number of hydrogen-bond donors (Lipinski definition) is 2. The molecule has 18 heavy (non-hydrogen) atoms. The van der Waals surface area contributed by atoms with E-state index in [0.29, 0.717) is 30.2 Å². The number of hydrogen-bond acceptors (Lipinski definition) is 3. The van der Waals surface area contributed by atoms with Crippen molar-refractivity contribution in [3.8, 4) is 0 Å². The van der Waals surface area contributed by atoms with E-state index in [2.05, 4.69) is 5.43 Å². The Morgan fingerprint density at radius 1 is 1.50 bits per heavy atom. The van der Waals surface area contributed by atoms with Gasteiger partial charge < -0.3 is 4.74 Å². The van der Waals surface area contributed by atoms with Gasteiger partial charge in [-0.1, -0.05) is 17.7 Å². The highest BCUT2D eigenvalue weighted by Crippen LogP contribution is 2.17. The molecule has 0 aliphatic rings. The molecule has 1 rings (SSSR count). The van der Waals surface area contributed by atoms with Crippen LogP contribution in [0.3, 0.4) is 0 Å². The summed E-state index contributed by atoms with van der Waals surface area (Å²) in [4.78, 5) is 0. The fraction of sp³-hybridized carbons (Fsp3) is 0.538. The van der Waals surface area contributed by atoms with E-state index in [1.54, 1.807) is 12.1 Å². The SMILES string of the molecule is CCOCCCC(Cc1ccc(Cl)cc1F)NN. The molecule has 0 bridgehead atoms. The van der Waals surface area contributed by atoms with Crippen molar-refractivity contribution in [3.05, 3.63) is 34.6 Å². The highest BCUT2D eigenvalue weighted by molar-refractivity contribution is 6.30. The molecule has 0 amide bonds. The maximum atomic E-state index is 13.6. The van der Waals surface area contributed by atoms with Crippen LogP contribution in [0.15, 0.2) is 18.2 Å². The first-order valence-electron chi connectivity index (χ1n) is 6.15. The Kier molecular flexibility index (Phi) is 7.20. The molecule has 5 heteroatoms. The fourth-order valence-electron chi connectivity index (χ4n) is 1.77. The lowest BCUT2D eigenvalue weighted by Gasteiger charge is -2.16. The van der Waals surface area contributed by atoms with Gasteiger partial charge in [-0.25, -0.2) is 4.39 Å². The van der Waals surface area contributed by atoms with Crippen LogP contribution in [0.5, 0.6) is 0 Å². The highest BCUT2D eigenvalue weighted by atomic mass is 35.5. The molecule has 1 atom stereocenters. The lowest BCUT2D eigenvalue weighted by atomic mass is 10.0. The largest absolute Gasteiger partial charge is 0.382 e. The van der Waals surface area contributed by atoms with Crippen molar-refractivity contribution in [1.82, 2.24) is 5.43 Å². The zero-order valence-electron chi connectivity index (χ0n) is 10.6. The molecular formula is C13H20ClFN2O. The molecule has 0 fully saturated rings. The van der Waals surface area contributed by atoms with Crippen molar-refractivity contribution in [2.45, 2.75) is 32.2 Å². The molecule has 102 valence electrons. The maximum Gasteiger partial charge on any atom is 0.127 e. The van der Waals surface area contributed by atoms with Crippen LogP contribution in [-0.4, -0.2) is 19.3 Å². The smallest absolute Gasteiger partial charge is 0.127 e. The number of hydrazine groups is 1. The summed E-state index contributed by atoms with van der Waals surface area (Å²) in [7, 11) is 0. The summed E-state index contributed by atoms with van der Waals surface area (Å²) in [6.07, 6.45) is 2.29. The summed E-state index contributed by atoms with van der Waals surface area (Å²) >= 11 is 5.71. The van der Waals surface area contributed by atoms with Gasteiger partial charge in [0.2, 0.25) is 0 Å². The Morgan fingerprint density at radius 2 is 2.28 bits per heavy atom. The highest BCUT2D eigenvalue weighted by Gasteiger charge is 2.11. The van der Waals surface area contributed by atoms with Crippen LogP contribution in [0.4, 0.5) is 4.39 Å². The number of benzene rings is 1. The Bertz CT molecular complexity index is 363. The molecule has 0 aliphatic carbocycles. The van der Waals surface area contributed by atoms with E-state index >= 15 is 0 Å². The molecule has 0 spiro atoms. The predicted octanol–water partition coefficient (Wildman–Crippen LogP) is 2.67. The summed E-state index contributed by atoms with van der Waals surface area (Å²) in [5, 5.41) is 0.407. The standard InChI is InChI=1S/C13H20ClFN2O/c1-2-18-7-3-4-12(17-16)8-10-5-6-11(14)9-13(10)15/h5-6,9,12,17H,2-4,7-8,16H2,1H3. The van der Waals surface area contributed by atoms with Crippen LogP contribution in [0.1, 0.15) is 25.3 Å². The summed E-state index contributed by atoms with van der Waals surface area (Å²) in [5.41, 5.74) is 3.34. The Hall–Kier alpha value is -0.680. The third kappa shape index (κ3) is 5.31. The molecule has 1 unspecified atom stereocenters. The van der Waals surface area contributed by atoms with Crippen molar-refractivity contribution >= 4 is 11.6 Å². The second kappa shape index (κ2) is 8.43. The lowest BCUT2D eigenvalue weighted by molar-refractivity contribution is 0.140. The first kappa shape index (κ1) is 15.4. The monoisotopic (exact) mass is 274 g/mol. The molecule has 1 aromatic carbocycles. The lowest BCUT2D eigenvalue weighted by Crippen LogP contribution is -2.37. The Balaban J connectivity index is 2.46.